The lowest BCUT2D eigenvalue weighted by atomic mass is 10.1. The number of hydrogen-bond acceptors (Lipinski definition) is 8. The molecule has 0 radical (unpaired) electrons. The zero-order valence-electron chi connectivity index (χ0n) is 24.9. The predicted octanol–water partition coefficient (Wildman–Crippen LogP) is 6.03. The number of halogens is 1. The molecule has 1 aromatic heterocycles. The molecule has 0 saturated carbocycles. The summed E-state index contributed by atoms with van der Waals surface area (Å²) in [5, 5.41) is 3.11. The highest BCUT2D eigenvalue weighted by atomic mass is 35.5. The highest BCUT2D eigenvalue weighted by molar-refractivity contribution is 7.89. The Morgan fingerprint density at radius 3 is 2.45 bits per heavy atom. The van der Waals surface area contributed by atoms with E-state index in [1.165, 1.54) is 12.1 Å². The van der Waals surface area contributed by atoms with Gasteiger partial charge in [-0.3, -0.25) is 4.79 Å². The number of hydrogen-bond donors (Lipinski definition) is 2. The van der Waals surface area contributed by atoms with Gasteiger partial charge in [0.1, 0.15) is 11.5 Å². The molecule has 0 bridgehead atoms. The minimum absolute atomic E-state index is 0.0214. The van der Waals surface area contributed by atoms with Gasteiger partial charge in [0.2, 0.25) is 15.9 Å². The Bertz CT molecular complexity index is 1750. The molecular formula is C32H35ClN2O8S. The molecule has 0 spiro atoms. The average Bonchev–Trinajstić information content (AvgIpc) is 3.47. The minimum atomic E-state index is -3.96. The molecule has 2 N–H and O–H groups in total. The summed E-state index contributed by atoms with van der Waals surface area (Å²) in [6.45, 7) is 2.16. The smallest absolute Gasteiger partial charge is 0.248 e. The van der Waals surface area contributed by atoms with Crippen LogP contribution in [0, 0.1) is 0 Å². The molecule has 0 saturated heterocycles. The van der Waals surface area contributed by atoms with Crippen LogP contribution < -0.4 is 29.0 Å². The largest absolute Gasteiger partial charge is 0.497 e. The van der Waals surface area contributed by atoms with Gasteiger partial charge in [-0.2, -0.15) is 0 Å². The number of alkyl halides is 1. The van der Waals surface area contributed by atoms with Crippen molar-refractivity contribution in [3.8, 4) is 23.0 Å². The fourth-order valence-electron chi connectivity index (χ4n) is 4.44. The van der Waals surface area contributed by atoms with Crippen molar-refractivity contribution in [2.24, 2.45) is 0 Å². The van der Waals surface area contributed by atoms with Gasteiger partial charge in [-0.1, -0.05) is 12.1 Å². The zero-order valence-corrected chi connectivity index (χ0v) is 26.5. The summed E-state index contributed by atoms with van der Waals surface area (Å²) in [5.41, 5.74) is 2.17. The Hall–Kier alpha value is -4.19. The summed E-state index contributed by atoms with van der Waals surface area (Å²) >= 11 is 5.81. The van der Waals surface area contributed by atoms with Gasteiger partial charge < -0.3 is 28.7 Å². The summed E-state index contributed by atoms with van der Waals surface area (Å²) in [7, 11) is 0.676. The topological polar surface area (TPSA) is 125 Å². The van der Waals surface area contributed by atoms with Gasteiger partial charge >= 0.3 is 0 Å². The minimum Gasteiger partial charge on any atom is -0.497 e. The standard InChI is InChI=1S/C32H35ClN2O8S/c1-21(17-31(36)35-23-7-5-8-24(19-23)39-2)28-20-25-30(12-11-27(32(25)43-28)42-16-6-14-33)44(37,38)34-15-13-22-9-10-26(40-3)29(18-22)41-4/h5,7-12,17-20,34H,6,13-16H2,1-4H3,(H,35,36)/b21-17+. The highest BCUT2D eigenvalue weighted by Crippen LogP contribution is 2.36. The molecule has 0 aliphatic rings. The second kappa shape index (κ2) is 15.0. The van der Waals surface area contributed by atoms with E-state index < -0.39 is 10.0 Å². The number of rotatable bonds is 15. The Morgan fingerprint density at radius 2 is 1.73 bits per heavy atom. The van der Waals surface area contributed by atoms with Crippen LogP contribution in [-0.2, 0) is 21.2 Å². The van der Waals surface area contributed by atoms with Crippen molar-refractivity contribution < 1.29 is 36.6 Å². The molecule has 0 fully saturated rings. The van der Waals surface area contributed by atoms with Crippen LogP contribution in [0.2, 0.25) is 0 Å². The number of anilines is 1. The quantitative estimate of drug-likeness (QED) is 0.0915. The second-order valence-corrected chi connectivity index (χ2v) is 11.8. The second-order valence-electron chi connectivity index (χ2n) is 9.69. The molecule has 12 heteroatoms. The van der Waals surface area contributed by atoms with Crippen LogP contribution in [0.4, 0.5) is 5.69 Å². The third kappa shape index (κ3) is 8.04. The summed E-state index contributed by atoms with van der Waals surface area (Å²) < 4.78 is 57.4. The van der Waals surface area contributed by atoms with E-state index in [1.807, 2.05) is 6.07 Å². The lowest BCUT2D eigenvalue weighted by Crippen LogP contribution is -2.26. The Balaban J connectivity index is 1.59. The molecule has 4 rings (SSSR count). The molecule has 0 atom stereocenters. The third-order valence-electron chi connectivity index (χ3n) is 6.66. The van der Waals surface area contributed by atoms with Gasteiger partial charge in [0.25, 0.3) is 0 Å². The fourth-order valence-corrected chi connectivity index (χ4v) is 5.77. The first kappa shape index (κ1) is 32.7. The van der Waals surface area contributed by atoms with Crippen LogP contribution >= 0.6 is 11.6 Å². The predicted molar refractivity (Wildman–Crippen MR) is 171 cm³/mol. The van der Waals surface area contributed by atoms with E-state index in [9.17, 15) is 13.2 Å². The van der Waals surface area contributed by atoms with E-state index >= 15 is 0 Å². The number of sulfonamides is 1. The van der Waals surface area contributed by atoms with Crippen LogP contribution in [0.15, 0.2) is 76.1 Å². The maximum absolute atomic E-state index is 13.5. The van der Waals surface area contributed by atoms with Crippen LogP contribution in [-0.4, -0.2) is 54.7 Å². The van der Waals surface area contributed by atoms with E-state index in [0.29, 0.717) is 70.7 Å². The van der Waals surface area contributed by atoms with Gasteiger partial charge in [-0.15, -0.1) is 11.6 Å². The van der Waals surface area contributed by atoms with Gasteiger partial charge in [0.05, 0.1) is 32.8 Å². The van der Waals surface area contributed by atoms with E-state index in [-0.39, 0.29) is 22.9 Å². The molecule has 1 heterocycles. The molecule has 0 aliphatic carbocycles. The molecule has 10 nitrogen and oxygen atoms in total. The lowest BCUT2D eigenvalue weighted by molar-refractivity contribution is -0.111. The van der Waals surface area contributed by atoms with Crippen LogP contribution in [0.25, 0.3) is 16.5 Å². The molecule has 1 amide bonds. The summed E-state index contributed by atoms with van der Waals surface area (Å²) in [4.78, 5) is 12.8. The van der Waals surface area contributed by atoms with Gasteiger partial charge in [0, 0.05) is 35.6 Å². The number of fused-ring (bicyclic) bond motifs is 1. The molecule has 44 heavy (non-hydrogen) atoms. The molecular weight excluding hydrogens is 608 g/mol. The number of benzene rings is 3. The van der Waals surface area contributed by atoms with Crippen molar-refractivity contribution in [2.75, 3.05) is 45.7 Å². The maximum atomic E-state index is 13.5. The van der Waals surface area contributed by atoms with Crippen molar-refractivity contribution in [1.82, 2.24) is 4.72 Å². The third-order valence-corrected chi connectivity index (χ3v) is 8.45. The number of allylic oxidation sites excluding steroid dienone is 1. The molecule has 3 aromatic carbocycles. The van der Waals surface area contributed by atoms with E-state index in [1.54, 1.807) is 76.8 Å². The number of carbonyl (C=O) groups is 1. The first-order valence-corrected chi connectivity index (χ1v) is 15.8. The number of amides is 1. The van der Waals surface area contributed by atoms with Crippen molar-refractivity contribution in [1.29, 1.82) is 0 Å². The number of furan rings is 1. The average molecular weight is 643 g/mol. The highest BCUT2D eigenvalue weighted by Gasteiger charge is 2.23. The normalized spacial score (nSPS) is 11.8. The first-order chi connectivity index (χ1) is 21.2. The van der Waals surface area contributed by atoms with Gasteiger partial charge in [-0.25, -0.2) is 13.1 Å². The number of nitrogens with one attached hydrogen (secondary N) is 2. The van der Waals surface area contributed by atoms with Gasteiger partial charge in [0.15, 0.2) is 22.8 Å². The van der Waals surface area contributed by atoms with E-state index in [0.717, 1.165) is 5.56 Å². The summed E-state index contributed by atoms with van der Waals surface area (Å²) in [5.74, 6) is 2.46. The number of methoxy groups -OCH3 is 3. The number of carbonyl (C=O) groups excluding carboxylic acids is 1. The monoisotopic (exact) mass is 642 g/mol. The molecule has 234 valence electrons. The fraction of sp³-hybridized carbons (Fsp3) is 0.281. The van der Waals surface area contributed by atoms with Crippen molar-refractivity contribution in [3.05, 3.63) is 78.1 Å². The van der Waals surface area contributed by atoms with Crippen LogP contribution in [0.5, 0.6) is 23.0 Å². The number of ether oxygens (including phenoxy) is 4. The molecule has 0 aliphatic heterocycles. The summed E-state index contributed by atoms with van der Waals surface area (Å²) in [6.07, 6.45) is 2.39. The zero-order chi connectivity index (χ0) is 31.7. The summed E-state index contributed by atoms with van der Waals surface area (Å²) in [6, 6.07) is 17.0. The molecule has 0 unspecified atom stereocenters. The maximum Gasteiger partial charge on any atom is 0.248 e. The molecule has 4 aromatic rings. The van der Waals surface area contributed by atoms with Crippen molar-refractivity contribution in [3.63, 3.8) is 0 Å². The van der Waals surface area contributed by atoms with Crippen LogP contribution in [0.3, 0.4) is 0 Å². The van der Waals surface area contributed by atoms with E-state index in [4.69, 9.17) is 35.0 Å². The van der Waals surface area contributed by atoms with Crippen molar-refractivity contribution >= 4 is 49.8 Å². The van der Waals surface area contributed by atoms with Crippen molar-refractivity contribution in [2.45, 2.75) is 24.7 Å². The van der Waals surface area contributed by atoms with E-state index in [2.05, 4.69) is 10.0 Å². The van der Waals surface area contributed by atoms with Crippen LogP contribution in [0.1, 0.15) is 24.7 Å². The SMILES string of the molecule is COc1cccc(NC(=O)/C=C(\C)c2cc3c(S(=O)(=O)NCCc4ccc(OC)c(OC)c4)ccc(OCCCCl)c3o2)c1. The van der Waals surface area contributed by atoms with Gasteiger partial charge in [-0.05, 0) is 73.4 Å². The Morgan fingerprint density at radius 1 is 0.955 bits per heavy atom. The Labute approximate surface area is 261 Å². The lowest BCUT2D eigenvalue weighted by Gasteiger charge is -2.12. The Kier molecular flexibility index (Phi) is 11.2. The first-order valence-electron chi connectivity index (χ1n) is 13.8.